The number of hydrogen-bond donors (Lipinski definition) is 2. The first-order chi connectivity index (χ1) is 18.4. The number of carbonyl (C=O) groups is 3. The molecule has 0 spiro atoms. The molecule has 1 aromatic carbocycles. The maximum atomic E-state index is 12.9. The van der Waals surface area contributed by atoms with Gasteiger partial charge in [0.05, 0.1) is 40.8 Å². The zero-order valence-electron chi connectivity index (χ0n) is 22.8. The molecule has 0 atom stereocenters. The topological polar surface area (TPSA) is 136 Å². The minimum atomic E-state index is -0.738. The van der Waals surface area contributed by atoms with Crippen LogP contribution in [0.3, 0.4) is 0 Å². The largest absolute Gasteiger partial charge is 0.444 e. The first kappa shape index (κ1) is 29.6. The lowest BCUT2D eigenvalue weighted by Crippen LogP contribution is -2.28. The summed E-state index contributed by atoms with van der Waals surface area (Å²) in [6.07, 6.45) is 0.284. The highest BCUT2D eigenvalue weighted by Crippen LogP contribution is 2.35. The number of halogens is 1. The van der Waals surface area contributed by atoms with Crippen molar-refractivity contribution < 1.29 is 28.4 Å². The quantitative estimate of drug-likeness (QED) is 0.250. The number of anilines is 3. The van der Waals surface area contributed by atoms with Crippen molar-refractivity contribution in [1.82, 2.24) is 10.1 Å². The molecule has 0 aliphatic carbocycles. The summed E-state index contributed by atoms with van der Waals surface area (Å²) in [5, 5.41) is 9.49. The number of benzene rings is 1. The normalized spacial score (nSPS) is 11.2. The molecule has 3 rings (SSSR count). The fraction of sp³-hybridized carbons (Fsp3) is 0.370. The Kier molecular flexibility index (Phi) is 9.66. The summed E-state index contributed by atoms with van der Waals surface area (Å²) < 4.78 is 15.7. The third-order valence-electron chi connectivity index (χ3n) is 5.32. The Labute approximate surface area is 231 Å². The lowest BCUT2D eigenvalue weighted by atomic mass is 10.1. The van der Waals surface area contributed by atoms with Gasteiger partial charge in [0.15, 0.2) is 11.5 Å². The van der Waals surface area contributed by atoms with E-state index in [1.165, 1.54) is 24.4 Å². The number of likely N-dealkylation sites (N-methyl/N-ethyl adjacent to an activating group) is 1. The Morgan fingerprint density at radius 1 is 1.10 bits per heavy atom. The summed E-state index contributed by atoms with van der Waals surface area (Å²) in [6, 6.07) is 7.87. The van der Waals surface area contributed by atoms with Crippen LogP contribution in [0.4, 0.5) is 21.9 Å². The number of pyridine rings is 1. The van der Waals surface area contributed by atoms with Crippen LogP contribution >= 0.6 is 11.6 Å². The molecule has 2 amide bonds. The van der Waals surface area contributed by atoms with Gasteiger partial charge in [-0.05, 0) is 52.0 Å². The number of ether oxygens (including phenoxy) is 2. The number of aromatic nitrogens is 2. The van der Waals surface area contributed by atoms with Crippen molar-refractivity contribution in [2.24, 2.45) is 0 Å². The fourth-order valence-electron chi connectivity index (χ4n) is 3.49. The van der Waals surface area contributed by atoms with Gasteiger partial charge >= 0.3 is 6.09 Å². The van der Waals surface area contributed by atoms with Crippen LogP contribution in [0.5, 0.6) is 0 Å². The molecule has 3 aromatic rings. The molecule has 0 bridgehead atoms. The molecule has 0 aliphatic rings. The van der Waals surface area contributed by atoms with Gasteiger partial charge in [-0.25, -0.2) is 4.79 Å². The number of carbonyl (C=O) groups excluding carboxylic acids is 3. The number of Topliss-reactive ketones (excluding diaryl/α,β-unsaturated/α-hetero) is 1. The molecule has 0 saturated heterocycles. The molecule has 0 unspecified atom stereocenters. The van der Waals surface area contributed by atoms with Gasteiger partial charge in [0.1, 0.15) is 11.3 Å². The first-order valence-corrected chi connectivity index (χ1v) is 12.5. The number of amides is 2. The second-order valence-corrected chi connectivity index (χ2v) is 10.2. The van der Waals surface area contributed by atoms with E-state index < -0.39 is 29.8 Å². The molecule has 208 valence electrons. The van der Waals surface area contributed by atoms with Crippen molar-refractivity contribution in [3.8, 4) is 11.5 Å². The maximum Gasteiger partial charge on any atom is 0.412 e. The average Bonchev–Trinajstić information content (AvgIpc) is 3.29. The number of nitrogens with zero attached hydrogens (tertiary/aromatic N) is 3. The molecule has 0 aliphatic heterocycles. The Bertz CT molecular complexity index is 1350. The number of nitrogens with one attached hydrogen (secondary N) is 2. The summed E-state index contributed by atoms with van der Waals surface area (Å²) in [5.41, 5.74) is 1.70. The number of aryl methyl sites for hydroxylation is 1. The SMILES string of the molecule is COCCN(C)c1cc(NC(=O)OC(C)(C)C)c(NC(=O)CC(=O)c2ccnc(-c3cc(C)no3)c2)cc1Cl. The average molecular weight is 558 g/mol. The molecule has 39 heavy (non-hydrogen) atoms. The highest BCUT2D eigenvalue weighted by molar-refractivity contribution is 6.34. The predicted molar refractivity (Wildman–Crippen MR) is 149 cm³/mol. The molecule has 0 fully saturated rings. The van der Waals surface area contributed by atoms with E-state index in [2.05, 4.69) is 20.8 Å². The van der Waals surface area contributed by atoms with Crippen LogP contribution < -0.4 is 15.5 Å². The van der Waals surface area contributed by atoms with Crippen LogP contribution in [0.1, 0.15) is 43.2 Å². The molecular weight excluding hydrogens is 526 g/mol. The summed E-state index contributed by atoms with van der Waals surface area (Å²) in [6.45, 7) is 7.97. The van der Waals surface area contributed by atoms with E-state index in [0.717, 1.165) is 0 Å². The van der Waals surface area contributed by atoms with E-state index in [1.807, 2.05) is 11.9 Å². The van der Waals surface area contributed by atoms with Crippen LogP contribution in [-0.2, 0) is 14.3 Å². The number of hydrogen-bond acceptors (Lipinski definition) is 9. The second kappa shape index (κ2) is 12.7. The van der Waals surface area contributed by atoms with E-state index in [9.17, 15) is 14.4 Å². The predicted octanol–water partition coefficient (Wildman–Crippen LogP) is 5.34. The minimum Gasteiger partial charge on any atom is -0.444 e. The van der Waals surface area contributed by atoms with Gasteiger partial charge in [0.2, 0.25) is 5.91 Å². The molecule has 0 saturated carbocycles. The Hall–Kier alpha value is -3.96. The molecule has 12 heteroatoms. The molecule has 2 N–H and O–H groups in total. The van der Waals surface area contributed by atoms with Crippen LogP contribution in [-0.4, -0.2) is 60.8 Å². The lowest BCUT2D eigenvalue weighted by Gasteiger charge is -2.24. The van der Waals surface area contributed by atoms with Crippen LogP contribution in [0.15, 0.2) is 41.1 Å². The fourth-order valence-corrected chi connectivity index (χ4v) is 3.80. The second-order valence-electron chi connectivity index (χ2n) is 9.80. The van der Waals surface area contributed by atoms with Crippen molar-refractivity contribution in [3.05, 3.63) is 52.8 Å². The van der Waals surface area contributed by atoms with Crippen molar-refractivity contribution in [1.29, 1.82) is 0 Å². The highest BCUT2D eigenvalue weighted by atomic mass is 35.5. The minimum absolute atomic E-state index is 0.208. The molecule has 2 aromatic heterocycles. The third-order valence-corrected chi connectivity index (χ3v) is 5.62. The van der Waals surface area contributed by atoms with Gasteiger partial charge in [0.25, 0.3) is 0 Å². The number of methoxy groups -OCH3 is 1. The van der Waals surface area contributed by atoms with Gasteiger partial charge in [-0.1, -0.05) is 16.8 Å². The molecule has 2 heterocycles. The summed E-state index contributed by atoms with van der Waals surface area (Å²) >= 11 is 6.52. The van der Waals surface area contributed by atoms with Gasteiger partial charge in [-0.3, -0.25) is 19.9 Å². The number of ketones is 1. The highest BCUT2D eigenvalue weighted by Gasteiger charge is 2.21. The van der Waals surface area contributed by atoms with Crippen molar-refractivity contribution in [2.75, 3.05) is 42.8 Å². The van der Waals surface area contributed by atoms with Gasteiger partial charge < -0.3 is 24.2 Å². The van der Waals surface area contributed by atoms with E-state index in [1.54, 1.807) is 46.9 Å². The van der Waals surface area contributed by atoms with Crippen molar-refractivity contribution >= 4 is 46.4 Å². The Morgan fingerprint density at radius 3 is 2.46 bits per heavy atom. The molecule has 11 nitrogen and oxygen atoms in total. The summed E-state index contributed by atoms with van der Waals surface area (Å²) in [4.78, 5) is 44.4. The summed E-state index contributed by atoms with van der Waals surface area (Å²) in [7, 11) is 3.41. The van der Waals surface area contributed by atoms with Crippen molar-refractivity contribution in [3.63, 3.8) is 0 Å². The van der Waals surface area contributed by atoms with E-state index in [4.69, 9.17) is 25.6 Å². The Balaban J connectivity index is 1.81. The van der Waals surface area contributed by atoms with Gasteiger partial charge in [-0.15, -0.1) is 0 Å². The van der Waals surface area contributed by atoms with E-state index in [-0.39, 0.29) is 16.9 Å². The summed E-state index contributed by atoms with van der Waals surface area (Å²) in [5.74, 6) is -0.622. The van der Waals surface area contributed by atoms with Gasteiger partial charge in [-0.2, -0.15) is 0 Å². The molecular formula is C27H32ClN5O6. The third kappa shape index (κ3) is 8.52. The van der Waals surface area contributed by atoms with Crippen molar-refractivity contribution in [2.45, 2.75) is 39.7 Å². The van der Waals surface area contributed by atoms with Crippen LogP contribution in [0.2, 0.25) is 5.02 Å². The zero-order valence-corrected chi connectivity index (χ0v) is 23.5. The standard InChI is InChI=1S/C27H32ClN5O6/c1-16-11-24(39-32-16)21-12-17(7-8-29-21)23(34)15-25(35)30-19-13-18(28)22(33(5)9-10-37-6)14-20(19)31-26(36)38-27(2,3)4/h7-8,11-14H,9-10,15H2,1-6H3,(H,30,35)(H,31,36). The molecule has 0 radical (unpaired) electrons. The Morgan fingerprint density at radius 2 is 1.82 bits per heavy atom. The van der Waals surface area contributed by atoms with E-state index in [0.29, 0.717) is 41.0 Å². The van der Waals surface area contributed by atoms with Crippen LogP contribution in [0.25, 0.3) is 11.5 Å². The van der Waals surface area contributed by atoms with E-state index >= 15 is 0 Å². The zero-order chi connectivity index (χ0) is 28.7. The maximum absolute atomic E-state index is 12.9. The monoisotopic (exact) mass is 557 g/mol. The van der Waals surface area contributed by atoms with Gasteiger partial charge in [0, 0.05) is 38.5 Å². The van der Waals surface area contributed by atoms with Crippen LogP contribution in [0, 0.1) is 6.92 Å². The lowest BCUT2D eigenvalue weighted by molar-refractivity contribution is -0.115. The first-order valence-electron chi connectivity index (χ1n) is 12.1. The smallest absolute Gasteiger partial charge is 0.412 e. The number of rotatable bonds is 10.